The lowest BCUT2D eigenvalue weighted by molar-refractivity contribution is 0.0718. The first kappa shape index (κ1) is 17.7. The fourth-order valence-electron chi connectivity index (χ4n) is 3.03. The summed E-state index contributed by atoms with van der Waals surface area (Å²) in [6.07, 6.45) is 0.581. The van der Waals surface area contributed by atoms with E-state index in [1.807, 2.05) is 0 Å². The van der Waals surface area contributed by atoms with Crippen molar-refractivity contribution in [3.63, 3.8) is 0 Å². The monoisotopic (exact) mass is 358 g/mol. The molecule has 0 saturated carbocycles. The highest BCUT2D eigenvalue weighted by atomic mass is 19.1. The van der Waals surface area contributed by atoms with E-state index in [0.717, 1.165) is 6.07 Å². The number of nitrogens with zero attached hydrogens (tertiary/aromatic N) is 2. The first-order chi connectivity index (χ1) is 12.4. The van der Waals surface area contributed by atoms with Crippen molar-refractivity contribution in [3.05, 3.63) is 59.4 Å². The first-order valence-electron chi connectivity index (χ1n) is 8.31. The van der Waals surface area contributed by atoms with E-state index < -0.39 is 5.82 Å². The van der Waals surface area contributed by atoms with E-state index in [1.165, 1.54) is 30.3 Å². The van der Waals surface area contributed by atoms with Crippen LogP contribution in [0, 0.1) is 5.82 Å². The molecule has 1 heterocycles. The number of hydrogen-bond donors (Lipinski definition) is 2. The lowest BCUT2D eigenvalue weighted by Crippen LogP contribution is -2.37. The largest absolute Gasteiger partial charge is 0.508 e. The number of carbonyl (C=O) groups is 2. The SMILES string of the molecule is O=C(c1cc(O)cc(O)c1)N1CCCN(C(=O)c2cccc(F)c2)CC1. The van der Waals surface area contributed by atoms with Crippen LogP contribution >= 0.6 is 0 Å². The van der Waals surface area contributed by atoms with E-state index in [-0.39, 0.29) is 34.4 Å². The van der Waals surface area contributed by atoms with Gasteiger partial charge in [-0.25, -0.2) is 4.39 Å². The Morgan fingerprint density at radius 3 is 1.96 bits per heavy atom. The molecule has 26 heavy (non-hydrogen) atoms. The Hall–Kier alpha value is -3.09. The van der Waals surface area contributed by atoms with Gasteiger partial charge in [-0.1, -0.05) is 6.07 Å². The van der Waals surface area contributed by atoms with Crippen molar-refractivity contribution in [1.82, 2.24) is 9.80 Å². The number of halogens is 1. The van der Waals surface area contributed by atoms with Crippen molar-refractivity contribution in [2.45, 2.75) is 6.42 Å². The molecule has 1 saturated heterocycles. The molecular weight excluding hydrogens is 339 g/mol. The van der Waals surface area contributed by atoms with Crippen LogP contribution in [-0.4, -0.2) is 58.0 Å². The van der Waals surface area contributed by atoms with Crippen molar-refractivity contribution in [3.8, 4) is 11.5 Å². The predicted octanol–water partition coefficient (Wildman–Crippen LogP) is 2.23. The molecule has 0 spiro atoms. The molecule has 0 radical (unpaired) electrons. The molecule has 1 fully saturated rings. The van der Waals surface area contributed by atoms with Crippen molar-refractivity contribution in [2.75, 3.05) is 26.2 Å². The van der Waals surface area contributed by atoms with Crippen LogP contribution in [0.1, 0.15) is 27.1 Å². The lowest BCUT2D eigenvalue weighted by atomic mass is 10.1. The maximum Gasteiger partial charge on any atom is 0.254 e. The second-order valence-corrected chi connectivity index (χ2v) is 6.19. The van der Waals surface area contributed by atoms with E-state index >= 15 is 0 Å². The Morgan fingerprint density at radius 2 is 1.38 bits per heavy atom. The van der Waals surface area contributed by atoms with E-state index in [2.05, 4.69) is 0 Å². The number of aromatic hydroxyl groups is 2. The number of amides is 2. The first-order valence-corrected chi connectivity index (χ1v) is 8.31. The Kier molecular flexibility index (Phi) is 5.06. The van der Waals surface area contributed by atoms with E-state index in [0.29, 0.717) is 32.6 Å². The van der Waals surface area contributed by atoms with Gasteiger partial charge in [0.25, 0.3) is 11.8 Å². The molecule has 2 aromatic carbocycles. The molecule has 6 nitrogen and oxygen atoms in total. The summed E-state index contributed by atoms with van der Waals surface area (Å²) in [6.45, 7) is 1.55. The van der Waals surface area contributed by atoms with Crippen LogP contribution in [0.25, 0.3) is 0 Å². The second kappa shape index (κ2) is 7.43. The molecule has 0 bridgehead atoms. The van der Waals surface area contributed by atoms with Gasteiger partial charge in [-0.15, -0.1) is 0 Å². The van der Waals surface area contributed by atoms with Crippen LogP contribution in [0.3, 0.4) is 0 Å². The maximum atomic E-state index is 13.3. The van der Waals surface area contributed by atoms with Crippen LogP contribution in [0.4, 0.5) is 4.39 Å². The van der Waals surface area contributed by atoms with Crippen LogP contribution in [-0.2, 0) is 0 Å². The van der Waals surface area contributed by atoms with E-state index in [4.69, 9.17) is 0 Å². The topological polar surface area (TPSA) is 81.1 Å². The third-order valence-electron chi connectivity index (χ3n) is 4.29. The summed E-state index contributed by atoms with van der Waals surface area (Å²) < 4.78 is 13.3. The van der Waals surface area contributed by atoms with Gasteiger partial charge >= 0.3 is 0 Å². The Labute approximate surface area is 150 Å². The number of hydrogen-bond acceptors (Lipinski definition) is 4. The van der Waals surface area contributed by atoms with Gasteiger partial charge in [0, 0.05) is 43.4 Å². The number of rotatable bonds is 2. The number of phenols is 2. The van der Waals surface area contributed by atoms with Gasteiger partial charge in [-0.05, 0) is 36.8 Å². The van der Waals surface area contributed by atoms with Crippen LogP contribution in [0.5, 0.6) is 11.5 Å². The summed E-state index contributed by atoms with van der Waals surface area (Å²) in [5, 5.41) is 19.1. The number of phenolic OH excluding ortho intramolecular Hbond substituents is 2. The van der Waals surface area contributed by atoms with Crippen LogP contribution in [0.15, 0.2) is 42.5 Å². The summed E-state index contributed by atoms with van der Waals surface area (Å²) in [5.74, 6) is -1.44. The molecule has 0 atom stereocenters. The minimum Gasteiger partial charge on any atom is -0.508 e. The van der Waals surface area contributed by atoms with Gasteiger partial charge in [-0.2, -0.15) is 0 Å². The number of carbonyl (C=O) groups excluding carboxylic acids is 2. The summed E-state index contributed by atoms with van der Waals surface area (Å²) in [6, 6.07) is 9.28. The minimum atomic E-state index is -0.467. The third kappa shape index (κ3) is 3.93. The van der Waals surface area contributed by atoms with Gasteiger partial charge in [0.15, 0.2) is 0 Å². The predicted molar refractivity (Wildman–Crippen MR) is 92.6 cm³/mol. The lowest BCUT2D eigenvalue weighted by Gasteiger charge is -2.22. The van der Waals surface area contributed by atoms with E-state index in [1.54, 1.807) is 15.9 Å². The molecular formula is C19H19FN2O4. The molecule has 0 aromatic heterocycles. The maximum absolute atomic E-state index is 13.3. The van der Waals surface area contributed by atoms with Crippen molar-refractivity contribution >= 4 is 11.8 Å². The average Bonchev–Trinajstić information content (AvgIpc) is 2.85. The Morgan fingerprint density at radius 1 is 0.808 bits per heavy atom. The minimum absolute atomic E-state index is 0.187. The molecule has 1 aliphatic rings. The van der Waals surface area contributed by atoms with Crippen molar-refractivity contribution in [2.24, 2.45) is 0 Å². The number of benzene rings is 2. The summed E-state index contributed by atoms with van der Waals surface area (Å²) in [7, 11) is 0. The molecule has 2 N–H and O–H groups in total. The van der Waals surface area contributed by atoms with Crippen molar-refractivity contribution < 1.29 is 24.2 Å². The quantitative estimate of drug-likeness (QED) is 0.863. The van der Waals surface area contributed by atoms with E-state index in [9.17, 15) is 24.2 Å². The molecule has 2 aromatic rings. The summed E-state index contributed by atoms with van der Waals surface area (Å²) in [4.78, 5) is 28.3. The summed E-state index contributed by atoms with van der Waals surface area (Å²) in [5.41, 5.74) is 0.468. The molecule has 7 heteroatoms. The standard InChI is InChI=1S/C19H19FN2O4/c20-15-4-1-3-13(9-15)18(25)21-5-2-6-22(8-7-21)19(26)14-10-16(23)12-17(24)11-14/h1,3-4,9-12,23-24H,2,5-8H2. The van der Waals surface area contributed by atoms with Gasteiger partial charge < -0.3 is 20.0 Å². The highest BCUT2D eigenvalue weighted by molar-refractivity contribution is 5.96. The average molecular weight is 358 g/mol. The molecule has 2 amide bonds. The Balaban J connectivity index is 1.70. The highest BCUT2D eigenvalue weighted by Crippen LogP contribution is 2.22. The highest BCUT2D eigenvalue weighted by Gasteiger charge is 2.24. The van der Waals surface area contributed by atoms with Gasteiger partial charge in [-0.3, -0.25) is 9.59 Å². The van der Waals surface area contributed by atoms with Crippen molar-refractivity contribution in [1.29, 1.82) is 0 Å². The fraction of sp³-hybridized carbons (Fsp3) is 0.263. The van der Waals surface area contributed by atoms with Gasteiger partial charge in [0.05, 0.1) is 0 Å². The molecule has 136 valence electrons. The van der Waals surface area contributed by atoms with Crippen LogP contribution in [0.2, 0.25) is 0 Å². The van der Waals surface area contributed by atoms with Gasteiger partial charge in [0.1, 0.15) is 17.3 Å². The smallest absolute Gasteiger partial charge is 0.254 e. The zero-order valence-corrected chi connectivity index (χ0v) is 14.1. The van der Waals surface area contributed by atoms with Gasteiger partial charge in [0.2, 0.25) is 0 Å². The normalized spacial score (nSPS) is 14.8. The molecule has 0 aliphatic carbocycles. The molecule has 3 rings (SSSR count). The zero-order valence-electron chi connectivity index (χ0n) is 14.1. The van der Waals surface area contributed by atoms with Crippen LogP contribution < -0.4 is 0 Å². The molecule has 0 unspecified atom stereocenters. The zero-order chi connectivity index (χ0) is 18.7. The second-order valence-electron chi connectivity index (χ2n) is 6.19. The fourth-order valence-corrected chi connectivity index (χ4v) is 3.03. The Bertz CT molecular complexity index is 820. The summed E-state index contributed by atoms with van der Waals surface area (Å²) >= 11 is 0. The third-order valence-corrected chi connectivity index (χ3v) is 4.29. The molecule has 1 aliphatic heterocycles.